The first-order valence-corrected chi connectivity index (χ1v) is 10.3. The highest BCUT2D eigenvalue weighted by Crippen LogP contribution is 2.32. The van der Waals surface area contributed by atoms with Gasteiger partial charge in [-0.25, -0.2) is 8.42 Å². The van der Waals surface area contributed by atoms with E-state index >= 15 is 0 Å². The van der Waals surface area contributed by atoms with E-state index in [-0.39, 0.29) is 10.8 Å². The lowest BCUT2D eigenvalue weighted by molar-refractivity contribution is 0.0949. The van der Waals surface area contributed by atoms with E-state index in [2.05, 4.69) is 5.32 Å². The van der Waals surface area contributed by atoms with Crippen LogP contribution >= 0.6 is 0 Å². The minimum atomic E-state index is -3.60. The van der Waals surface area contributed by atoms with E-state index in [1.165, 1.54) is 4.31 Å². The number of amides is 1. The van der Waals surface area contributed by atoms with E-state index < -0.39 is 10.0 Å². The van der Waals surface area contributed by atoms with E-state index in [0.717, 1.165) is 18.4 Å². The van der Waals surface area contributed by atoms with E-state index in [9.17, 15) is 13.2 Å². The molecule has 1 amide bonds. The molecule has 138 valence electrons. The van der Waals surface area contributed by atoms with Gasteiger partial charge >= 0.3 is 0 Å². The molecule has 0 unspecified atom stereocenters. The van der Waals surface area contributed by atoms with Gasteiger partial charge in [0.15, 0.2) is 0 Å². The van der Waals surface area contributed by atoms with Crippen LogP contribution in [0.2, 0.25) is 0 Å². The largest absolute Gasteiger partial charge is 0.352 e. The van der Waals surface area contributed by atoms with Crippen LogP contribution < -0.4 is 9.62 Å². The third kappa shape index (κ3) is 3.75. The summed E-state index contributed by atoms with van der Waals surface area (Å²) in [5, 5.41) is 2.90. The summed E-state index contributed by atoms with van der Waals surface area (Å²) in [6.45, 7) is 5.15. The van der Waals surface area contributed by atoms with Gasteiger partial charge in [0.25, 0.3) is 15.9 Å². The van der Waals surface area contributed by atoms with Crippen molar-refractivity contribution in [3.8, 4) is 0 Å². The molecule has 0 atom stereocenters. The smallest absolute Gasteiger partial charge is 0.264 e. The molecule has 6 heteroatoms. The fourth-order valence-electron chi connectivity index (χ4n) is 3.07. The number of fused-ring (bicyclic) bond motifs is 1. The molecule has 0 aromatic heterocycles. The van der Waals surface area contributed by atoms with Crippen LogP contribution in [0, 0.1) is 5.92 Å². The molecule has 2 aromatic rings. The van der Waals surface area contributed by atoms with Crippen molar-refractivity contribution in [3.63, 3.8) is 0 Å². The molecule has 0 saturated heterocycles. The summed E-state index contributed by atoms with van der Waals surface area (Å²) in [5.74, 6) is 0.257. The SMILES string of the molecule is CC(C)CNC(=O)c1ccc2c(c1)CCCN2S(=O)(=O)c1ccccc1. The van der Waals surface area contributed by atoms with E-state index in [4.69, 9.17) is 0 Å². The molecule has 26 heavy (non-hydrogen) atoms. The number of rotatable bonds is 5. The van der Waals surface area contributed by atoms with Gasteiger partial charge in [-0.2, -0.15) is 0 Å². The highest BCUT2D eigenvalue weighted by molar-refractivity contribution is 7.92. The summed E-state index contributed by atoms with van der Waals surface area (Å²) in [5.41, 5.74) is 2.14. The van der Waals surface area contributed by atoms with Gasteiger partial charge in [-0.1, -0.05) is 32.0 Å². The lowest BCUT2D eigenvalue weighted by Gasteiger charge is -2.30. The number of carbonyl (C=O) groups is 1. The van der Waals surface area contributed by atoms with Crippen LogP contribution in [0.4, 0.5) is 5.69 Å². The maximum atomic E-state index is 13.0. The molecule has 0 radical (unpaired) electrons. The summed E-state index contributed by atoms with van der Waals surface area (Å²) in [7, 11) is -3.60. The molecular formula is C20H24N2O3S. The number of hydrogen-bond acceptors (Lipinski definition) is 3. The number of nitrogens with zero attached hydrogens (tertiary/aromatic N) is 1. The van der Waals surface area contributed by atoms with Gasteiger partial charge in [0.1, 0.15) is 0 Å². The van der Waals surface area contributed by atoms with Crippen molar-refractivity contribution in [2.45, 2.75) is 31.6 Å². The second kappa shape index (κ2) is 7.50. The zero-order valence-electron chi connectivity index (χ0n) is 15.1. The summed E-state index contributed by atoms with van der Waals surface area (Å²) >= 11 is 0. The molecule has 0 aliphatic carbocycles. The van der Waals surface area contributed by atoms with Crippen molar-refractivity contribution in [3.05, 3.63) is 59.7 Å². The quantitative estimate of drug-likeness (QED) is 0.876. The molecule has 1 aliphatic rings. The van der Waals surface area contributed by atoms with E-state index in [1.54, 1.807) is 42.5 Å². The number of aryl methyl sites for hydroxylation is 1. The average molecular weight is 372 g/mol. The number of carbonyl (C=O) groups excluding carboxylic acids is 1. The van der Waals surface area contributed by atoms with Crippen molar-refractivity contribution >= 4 is 21.6 Å². The molecule has 1 N–H and O–H groups in total. The third-order valence-corrected chi connectivity index (χ3v) is 6.25. The molecular weight excluding hydrogens is 348 g/mol. The van der Waals surface area contributed by atoms with Gasteiger partial charge < -0.3 is 5.32 Å². The first-order valence-electron chi connectivity index (χ1n) is 8.88. The van der Waals surface area contributed by atoms with Crippen LogP contribution in [0.5, 0.6) is 0 Å². The number of sulfonamides is 1. The summed E-state index contributed by atoms with van der Waals surface area (Å²) in [6.07, 6.45) is 1.50. The van der Waals surface area contributed by atoms with Crippen LogP contribution in [-0.4, -0.2) is 27.4 Å². The molecule has 3 rings (SSSR count). The van der Waals surface area contributed by atoms with Crippen LogP contribution in [0.1, 0.15) is 36.2 Å². The van der Waals surface area contributed by atoms with Gasteiger partial charge in [0.05, 0.1) is 10.6 Å². The maximum Gasteiger partial charge on any atom is 0.264 e. The number of nitrogens with one attached hydrogen (secondary N) is 1. The van der Waals surface area contributed by atoms with Crippen LogP contribution in [-0.2, 0) is 16.4 Å². The molecule has 1 aliphatic heterocycles. The second-order valence-corrected chi connectivity index (χ2v) is 8.80. The minimum Gasteiger partial charge on any atom is -0.352 e. The molecule has 0 spiro atoms. The Morgan fingerprint density at radius 3 is 2.58 bits per heavy atom. The monoisotopic (exact) mass is 372 g/mol. The van der Waals surface area contributed by atoms with Gasteiger partial charge in [0, 0.05) is 18.7 Å². The average Bonchev–Trinajstić information content (AvgIpc) is 2.65. The summed E-state index contributed by atoms with van der Waals surface area (Å²) in [4.78, 5) is 12.6. The Bertz CT molecular complexity index is 893. The lowest BCUT2D eigenvalue weighted by atomic mass is 10.0. The number of benzene rings is 2. The fraction of sp³-hybridized carbons (Fsp3) is 0.350. The summed E-state index contributed by atoms with van der Waals surface area (Å²) < 4.78 is 27.4. The highest BCUT2D eigenvalue weighted by atomic mass is 32.2. The van der Waals surface area contributed by atoms with Crippen LogP contribution in [0.15, 0.2) is 53.4 Å². The molecule has 0 bridgehead atoms. The van der Waals surface area contributed by atoms with E-state index in [1.807, 2.05) is 19.9 Å². The zero-order chi connectivity index (χ0) is 18.7. The Kier molecular flexibility index (Phi) is 5.32. The molecule has 0 fully saturated rings. The predicted molar refractivity (Wildman–Crippen MR) is 103 cm³/mol. The van der Waals surface area contributed by atoms with Gasteiger partial charge in [-0.3, -0.25) is 9.10 Å². The highest BCUT2D eigenvalue weighted by Gasteiger charge is 2.29. The van der Waals surface area contributed by atoms with E-state index in [0.29, 0.717) is 30.3 Å². The second-order valence-electron chi connectivity index (χ2n) is 6.94. The topological polar surface area (TPSA) is 66.5 Å². The third-order valence-electron chi connectivity index (χ3n) is 4.42. The van der Waals surface area contributed by atoms with Gasteiger partial charge in [0.2, 0.25) is 0 Å². The minimum absolute atomic E-state index is 0.121. The first-order chi connectivity index (χ1) is 12.4. The zero-order valence-corrected chi connectivity index (χ0v) is 15.9. The van der Waals surface area contributed by atoms with Gasteiger partial charge in [-0.15, -0.1) is 0 Å². The molecule has 5 nitrogen and oxygen atoms in total. The lowest BCUT2D eigenvalue weighted by Crippen LogP contribution is -2.35. The summed E-state index contributed by atoms with van der Waals surface area (Å²) in [6, 6.07) is 13.7. The Morgan fingerprint density at radius 2 is 1.88 bits per heavy atom. The molecule has 0 saturated carbocycles. The van der Waals surface area contributed by atoms with Crippen molar-refractivity contribution in [1.82, 2.24) is 5.32 Å². The van der Waals surface area contributed by atoms with Crippen molar-refractivity contribution in [1.29, 1.82) is 0 Å². The molecule has 2 aromatic carbocycles. The number of anilines is 1. The Hall–Kier alpha value is -2.34. The Morgan fingerprint density at radius 1 is 1.15 bits per heavy atom. The predicted octanol–water partition coefficient (Wildman–Crippen LogP) is 3.21. The Balaban J connectivity index is 1.90. The standard InChI is InChI=1S/C20H24N2O3S/c1-15(2)14-21-20(23)17-10-11-19-16(13-17)7-6-12-22(19)26(24,25)18-8-4-3-5-9-18/h3-5,8-11,13,15H,6-7,12,14H2,1-2H3,(H,21,23). The first kappa shape index (κ1) is 18.5. The van der Waals surface area contributed by atoms with Crippen LogP contribution in [0.25, 0.3) is 0 Å². The fourth-order valence-corrected chi connectivity index (χ4v) is 4.63. The van der Waals surface area contributed by atoms with Crippen LogP contribution in [0.3, 0.4) is 0 Å². The van der Waals surface area contributed by atoms with Crippen molar-refractivity contribution in [2.75, 3.05) is 17.4 Å². The number of hydrogen-bond donors (Lipinski definition) is 1. The van der Waals surface area contributed by atoms with Crippen molar-refractivity contribution < 1.29 is 13.2 Å². The van der Waals surface area contributed by atoms with Gasteiger partial charge in [-0.05, 0) is 54.7 Å². The normalized spacial score (nSPS) is 14.2. The molecule has 1 heterocycles. The Labute approximate surface area is 155 Å². The van der Waals surface area contributed by atoms with Crippen molar-refractivity contribution in [2.24, 2.45) is 5.92 Å². The maximum absolute atomic E-state index is 13.0.